The van der Waals surface area contributed by atoms with Crippen LogP contribution >= 0.6 is 0 Å². The second kappa shape index (κ2) is 8.47. The molecule has 25 heavy (non-hydrogen) atoms. The molecule has 132 valence electrons. The maximum absolute atomic E-state index is 12.3. The third-order valence-corrected chi connectivity index (χ3v) is 4.16. The Morgan fingerprint density at radius 1 is 0.960 bits per heavy atom. The van der Waals surface area contributed by atoms with E-state index >= 15 is 0 Å². The molecule has 0 atom stereocenters. The molecule has 0 spiro atoms. The van der Waals surface area contributed by atoms with Gasteiger partial charge in [0.15, 0.2) is 0 Å². The zero-order valence-electron chi connectivity index (χ0n) is 15.4. The van der Waals surface area contributed by atoms with Crippen molar-refractivity contribution < 1.29 is 9.59 Å². The van der Waals surface area contributed by atoms with Gasteiger partial charge in [-0.3, -0.25) is 9.59 Å². The van der Waals surface area contributed by atoms with E-state index in [2.05, 4.69) is 24.4 Å². The number of nitrogens with one attached hydrogen (secondary N) is 1. The van der Waals surface area contributed by atoms with Crippen LogP contribution in [0.3, 0.4) is 0 Å². The average Bonchev–Trinajstić information content (AvgIpc) is 2.59. The second-order valence-corrected chi connectivity index (χ2v) is 6.48. The van der Waals surface area contributed by atoms with Crippen LogP contribution < -0.4 is 5.32 Å². The number of benzene rings is 2. The van der Waals surface area contributed by atoms with Crippen molar-refractivity contribution >= 4 is 11.8 Å². The number of aryl methyl sites for hydroxylation is 3. The van der Waals surface area contributed by atoms with Crippen LogP contribution in [0.4, 0.5) is 0 Å². The van der Waals surface area contributed by atoms with Gasteiger partial charge in [-0.2, -0.15) is 0 Å². The van der Waals surface area contributed by atoms with Crippen molar-refractivity contribution in [3.8, 4) is 0 Å². The summed E-state index contributed by atoms with van der Waals surface area (Å²) in [5.41, 5.74) is 5.00. The van der Waals surface area contributed by atoms with Gasteiger partial charge in [0.05, 0.1) is 6.54 Å². The summed E-state index contributed by atoms with van der Waals surface area (Å²) in [6, 6.07) is 13.9. The molecule has 4 heteroatoms. The summed E-state index contributed by atoms with van der Waals surface area (Å²) in [7, 11) is 1.75. The number of hydrogen-bond acceptors (Lipinski definition) is 2. The Bertz CT molecular complexity index is 731. The number of likely N-dealkylation sites (N-methyl/N-ethyl adjacent to an activating group) is 1. The van der Waals surface area contributed by atoms with Crippen LogP contribution in [0, 0.1) is 13.8 Å². The summed E-state index contributed by atoms with van der Waals surface area (Å²) in [5.74, 6) is -0.335. The molecule has 0 unspecified atom stereocenters. The van der Waals surface area contributed by atoms with Gasteiger partial charge in [-0.05, 0) is 43.5 Å². The van der Waals surface area contributed by atoms with Gasteiger partial charge in [-0.15, -0.1) is 0 Å². The van der Waals surface area contributed by atoms with Crippen molar-refractivity contribution in [1.82, 2.24) is 10.2 Å². The van der Waals surface area contributed by atoms with Crippen molar-refractivity contribution in [2.45, 2.75) is 33.7 Å². The van der Waals surface area contributed by atoms with E-state index in [0.29, 0.717) is 12.1 Å². The third kappa shape index (κ3) is 5.45. The minimum Gasteiger partial charge on any atom is -0.343 e. The number of amides is 2. The number of carbonyl (C=O) groups is 2. The van der Waals surface area contributed by atoms with E-state index < -0.39 is 0 Å². The van der Waals surface area contributed by atoms with Gasteiger partial charge in [0.1, 0.15) is 0 Å². The summed E-state index contributed by atoms with van der Waals surface area (Å²) in [4.78, 5) is 26.1. The fourth-order valence-corrected chi connectivity index (χ4v) is 2.74. The van der Waals surface area contributed by atoms with Crippen LogP contribution in [0.2, 0.25) is 0 Å². The molecule has 0 aliphatic carbocycles. The molecule has 0 radical (unpaired) electrons. The van der Waals surface area contributed by atoms with Gasteiger partial charge in [0, 0.05) is 19.2 Å². The smallest absolute Gasteiger partial charge is 0.251 e. The Morgan fingerprint density at radius 2 is 1.52 bits per heavy atom. The van der Waals surface area contributed by atoms with Crippen LogP contribution in [0.15, 0.2) is 42.5 Å². The van der Waals surface area contributed by atoms with E-state index in [9.17, 15) is 9.59 Å². The first-order chi connectivity index (χ1) is 11.9. The number of nitrogens with zero attached hydrogens (tertiary/aromatic N) is 1. The van der Waals surface area contributed by atoms with Gasteiger partial charge in [-0.1, -0.05) is 48.4 Å². The lowest BCUT2D eigenvalue weighted by Gasteiger charge is -2.18. The molecule has 2 amide bonds. The zero-order chi connectivity index (χ0) is 18.4. The second-order valence-electron chi connectivity index (χ2n) is 6.48. The normalized spacial score (nSPS) is 10.4. The molecule has 0 saturated heterocycles. The molecule has 0 bridgehead atoms. The van der Waals surface area contributed by atoms with Crippen molar-refractivity contribution in [3.63, 3.8) is 0 Å². The Labute approximate surface area is 149 Å². The predicted octanol–water partition coefficient (Wildman–Crippen LogP) is 3.25. The highest BCUT2D eigenvalue weighted by Crippen LogP contribution is 2.09. The van der Waals surface area contributed by atoms with E-state index in [-0.39, 0.29) is 18.4 Å². The van der Waals surface area contributed by atoms with Gasteiger partial charge >= 0.3 is 0 Å². The molecule has 2 rings (SSSR count). The van der Waals surface area contributed by atoms with Gasteiger partial charge < -0.3 is 10.2 Å². The molecule has 0 aromatic heterocycles. The molecular weight excluding hydrogens is 312 g/mol. The van der Waals surface area contributed by atoms with Crippen molar-refractivity contribution in [1.29, 1.82) is 0 Å². The fourth-order valence-electron chi connectivity index (χ4n) is 2.74. The first-order valence-electron chi connectivity index (χ1n) is 8.57. The van der Waals surface area contributed by atoms with E-state index in [1.807, 2.05) is 44.2 Å². The van der Waals surface area contributed by atoms with E-state index in [4.69, 9.17) is 0 Å². The third-order valence-electron chi connectivity index (χ3n) is 4.16. The monoisotopic (exact) mass is 338 g/mol. The topological polar surface area (TPSA) is 49.4 Å². The lowest BCUT2D eigenvalue weighted by Crippen LogP contribution is -2.37. The molecule has 2 aromatic rings. The standard InChI is InChI=1S/C21H26N2O2/c1-5-17-6-8-18(9-7-17)14-23(4)20(24)13-22-21(25)19-11-15(2)10-16(3)12-19/h6-12H,5,13-14H2,1-4H3,(H,22,25). The SMILES string of the molecule is CCc1ccc(CN(C)C(=O)CNC(=O)c2cc(C)cc(C)c2)cc1. The molecule has 0 aliphatic rings. The van der Waals surface area contributed by atoms with E-state index in [0.717, 1.165) is 23.1 Å². The van der Waals surface area contributed by atoms with Crippen molar-refractivity contribution in [3.05, 3.63) is 70.3 Å². The molecular formula is C21H26N2O2. The van der Waals surface area contributed by atoms with Crippen molar-refractivity contribution in [2.24, 2.45) is 0 Å². The number of hydrogen-bond donors (Lipinski definition) is 1. The first-order valence-corrected chi connectivity index (χ1v) is 8.57. The molecule has 1 N–H and O–H groups in total. The van der Waals surface area contributed by atoms with Gasteiger partial charge in [-0.25, -0.2) is 0 Å². The van der Waals surface area contributed by atoms with Crippen LogP contribution in [0.5, 0.6) is 0 Å². The minimum absolute atomic E-state index is 0.00460. The van der Waals surface area contributed by atoms with E-state index in [1.165, 1.54) is 5.56 Å². The summed E-state index contributed by atoms with van der Waals surface area (Å²) in [5, 5.41) is 2.71. The number of rotatable bonds is 6. The lowest BCUT2D eigenvalue weighted by atomic mass is 10.1. The van der Waals surface area contributed by atoms with Crippen LogP contribution in [-0.4, -0.2) is 30.3 Å². The minimum atomic E-state index is -0.221. The Morgan fingerprint density at radius 3 is 2.08 bits per heavy atom. The lowest BCUT2D eigenvalue weighted by molar-refractivity contribution is -0.129. The maximum Gasteiger partial charge on any atom is 0.251 e. The first kappa shape index (κ1) is 18.7. The highest BCUT2D eigenvalue weighted by molar-refractivity contribution is 5.96. The van der Waals surface area contributed by atoms with Crippen molar-refractivity contribution in [2.75, 3.05) is 13.6 Å². The summed E-state index contributed by atoms with van der Waals surface area (Å²) >= 11 is 0. The van der Waals surface area contributed by atoms with Crippen LogP contribution in [0.25, 0.3) is 0 Å². The Hall–Kier alpha value is -2.62. The van der Waals surface area contributed by atoms with Gasteiger partial charge in [0.25, 0.3) is 5.91 Å². The van der Waals surface area contributed by atoms with Gasteiger partial charge in [0.2, 0.25) is 5.91 Å². The van der Waals surface area contributed by atoms with Crippen LogP contribution in [-0.2, 0) is 17.8 Å². The number of carbonyl (C=O) groups excluding carboxylic acids is 2. The largest absolute Gasteiger partial charge is 0.343 e. The maximum atomic E-state index is 12.3. The summed E-state index contributed by atoms with van der Waals surface area (Å²) < 4.78 is 0. The Kier molecular flexibility index (Phi) is 6.34. The highest BCUT2D eigenvalue weighted by atomic mass is 16.2. The Balaban J connectivity index is 1.88. The fraction of sp³-hybridized carbons (Fsp3) is 0.333. The quantitative estimate of drug-likeness (QED) is 0.879. The molecule has 0 saturated carbocycles. The molecule has 4 nitrogen and oxygen atoms in total. The predicted molar refractivity (Wildman–Crippen MR) is 101 cm³/mol. The van der Waals surface area contributed by atoms with Crippen LogP contribution in [0.1, 0.15) is 39.5 Å². The molecule has 2 aromatic carbocycles. The van der Waals surface area contributed by atoms with E-state index in [1.54, 1.807) is 11.9 Å². The zero-order valence-corrected chi connectivity index (χ0v) is 15.4. The molecule has 0 aliphatic heterocycles. The highest BCUT2D eigenvalue weighted by Gasteiger charge is 2.12. The molecule has 0 heterocycles. The summed E-state index contributed by atoms with van der Waals surface area (Å²) in [6.45, 7) is 6.54. The summed E-state index contributed by atoms with van der Waals surface area (Å²) in [6.07, 6.45) is 1.000. The average molecular weight is 338 g/mol. The molecule has 0 fully saturated rings.